The molecule has 43 heavy (non-hydrogen) atoms. The number of aromatic hydroxyl groups is 1. The van der Waals surface area contributed by atoms with Crippen LogP contribution in [-0.2, 0) is 14.3 Å². The number of carboxylic acid groups (broad SMARTS) is 1. The largest absolute Gasteiger partial charge is 0.507 e. The number of anilines is 1. The van der Waals surface area contributed by atoms with Gasteiger partial charge in [0.2, 0.25) is 0 Å². The number of carboxylic acids is 1. The Hall–Kier alpha value is -3.91. The van der Waals surface area contributed by atoms with Crippen LogP contribution in [0.4, 0.5) is 10.5 Å². The molecule has 8 nitrogen and oxygen atoms in total. The van der Waals surface area contributed by atoms with E-state index >= 15 is 0 Å². The minimum absolute atomic E-state index is 0.0195. The van der Waals surface area contributed by atoms with E-state index in [0.717, 1.165) is 57.4 Å². The number of ether oxygens (including phenoxy) is 2. The van der Waals surface area contributed by atoms with Gasteiger partial charge in [0, 0.05) is 18.7 Å². The van der Waals surface area contributed by atoms with Crippen molar-refractivity contribution in [3.05, 3.63) is 84.5 Å². The van der Waals surface area contributed by atoms with E-state index in [9.17, 15) is 19.5 Å². The topological polar surface area (TPSA) is 122 Å². The summed E-state index contributed by atoms with van der Waals surface area (Å²) < 4.78 is 10.9. The van der Waals surface area contributed by atoms with Gasteiger partial charge in [-0.3, -0.25) is 10.1 Å². The zero-order valence-electron chi connectivity index (χ0n) is 25.7. The molecule has 0 aromatic heterocycles. The molecule has 0 unspecified atom stereocenters. The van der Waals surface area contributed by atoms with Crippen molar-refractivity contribution in [1.82, 2.24) is 0 Å². The Bertz CT molecular complexity index is 1100. The van der Waals surface area contributed by atoms with E-state index in [2.05, 4.69) is 73.0 Å². The Morgan fingerprint density at radius 2 is 1.42 bits per heavy atom. The lowest BCUT2D eigenvalue weighted by Crippen LogP contribution is -2.24. The SMILES string of the molecule is CC/C=C\C/C=C\C/C=C\C/C=C\C/C=C\CCCCO[C@H](CC)C(=O)CCCOC(=O)Nc1ccc(O)c(C(=O)O)c1. The second kappa shape index (κ2) is 24.7. The fourth-order valence-corrected chi connectivity index (χ4v) is 3.91. The van der Waals surface area contributed by atoms with Crippen LogP contribution in [0.3, 0.4) is 0 Å². The third-order valence-corrected chi connectivity index (χ3v) is 6.25. The summed E-state index contributed by atoms with van der Waals surface area (Å²) in [6, 6.07) is 3.67. The van der Waals surface area contributed by atoms with Crippen molar-refractivity contribution in [2.75, 3.05) is 18.5 Å². The molecule has 1 rings (SSSR count). The van der Waals surface area contributed by atoms with Crippen molar-refractivity contribution in [2.24, 2.45) is 0 Å². The zero-order valence-corrected chi connectivity index (χ0v) is 25.7. The van der Waals surface area contributed by atoms with Crippen molar-refractivity contribution in [2.45, 2.75) is 90.6 Å². The Morgan fingerprint density at radius 1 is 0.814 bits per heavy atom. The second-order valence-electron chi connectivity index (χ2n) is 9.84. The van der Waals surface area contributed by atoms with E-state index in [4.69, 9.17) is 14.6 Å². The molecule has 0 heterocycles. The number of nitrogens with one attached hydrogen (secondary N) is 1. The van der Waals surface area contributed by atoms with Gasteiger partial charge in [-0.25, -0.2) is 9.59 Å². The summed E-state index contributed by atoms with van der Waals surface area (Å²) in [4.78, 5) is 35.5. The van der Waals surface area contributed by atoms with E-state index in [1.54, 1.807) is 0 Å². The Balaban J connectivity index is 2.10. The molecule has 1 aromatic rings. The number of benzene rings is 1. The van der Waals surface area contributed by atoms with Crippen LogP contribution < -0.4 is 5.32 Å². The monoisotopic (exact) mass is 595 g/mol. The molecule has 0 aliphatic heterocycles. The first-order chi connectivity index (χ1) is 20.9. The number of hydrogen-bond acceptors (Lipinski definition) is 6. The van der Waals surface area contributed by atoms with Crippen molar-refractivity contribution < 1.29 is 34.1 Å². The highest BCUT2D eigenvalue weighted by atomic mass is 16.5. The molecule has 0 aliphatic rings. The standard InChI is InChI=1S/C35H49NO7/c1-3-5-6-7-8-9-10-11-12-13-14-15-16-17-18-19-20-21-26-42-33(4-2)32(38)23-22-27-43-35(41)36-29-24-25-31(37)30(28-29)34(39)40/h5-6,8-9,11-12,14-15,17-18,24-25,28,33,37H,3-4,7,10,13,16,19-23,26-27H2,1-2H3,(H,36,41)(H,39,40)/b6-5-,9-8-,12-11-,15-14-,18-17-/t33-/m1/s1. The van der Waals surface area contributed by atoms with Crippen LogP contribution in [-0.4, -0.2) is 47.4 Å². The number of ketones is 1. The van der Waals surface area contributed by atoms with Gasteiger partial charge in [-0.05, 0) is 82.4 Å². The Kier molecular flexibility index (Phi) is 21.3. The molecule has 1 amide bonds. The zero-order chi connectivity index (χ0) is 31.5. The van der Waals surface area contributed by atoms with Crippen LogP contribution in [0.2, 0.25) is 0 Å². The number of phenols is 1. The quantitative estimate of drug-likeness (QED) is 0.0657. The van der Waals surface area contributed by atoms with Crippen LogP contribution >= 0.6 is 0 Å². The summed E-state index contributed by atoms with van der Waals surface area (Å²) in [7, 11) is 0. The molecule has 1 aromatic carbocycles. The molecular weight excluding hydrogens is 546 g/mol. The lowest BCUT2D eigenvalue weighted by Gasteiger charge is -2.15. The Labute approximate surface area is 256 Å². The van der Waals surface area contributed by atoms with Crippen LogP contribution in [0.1, 0.15) is 94.8 Å². The summed E-state index contributed by atoms with van der Waals surface area (Å²) in [5.74, 6) is -1.73. The number of hydrogen-bond donors (Lipinski definition) is 3. The number of aromatic carboxylic acids is 1. The molecule has 0 saturated carbocycles. The lowest BCUT2D eigenvalue weighted by molar-refractivity contribution is -0.131. The number of carbonyl (C=O) groups excluding carboxylic acids is 2. The van der Waals surface area contributed by atoms with Crippen molar-refractivity contribution in [3.8, 4) is 5.75 Å². The number of Topliss-reactive ketones (excluding diaryl/α,β-unsaturated/α-hetero) is 1. The molecule has 0 fully saturated rings. The van der Waals surface area contributed by atoms with Gasteiger partial charge in [0.15, 0.2) is 5.78 Å². The number of carbonyl (C=O) groups is 3. The maximum Gasteiger partial charge on any atom is 0.411 e. The molecular formula is C35H49NO7. The smallest absolute Gasteiger partial charge is 0.411 e. The molecule has 0 radical (unpaired) electrons. The summed E-state index contributed by atoms with van der Waals surface area (Å²) in [6.45, 7) is 4.61. The second-order valence-corrected chi connectivity index (χ2v) is 9.84. The van der Waals surface area contributed by atoms with Crippen LogP contribution in [0, 0.1) is 0 Å². The molecule has 0 saturated heterocycles. The van der Waals surface area contributed by atoms with Gasteiger partial charge in [-0.15, -0.1) is 0 Å². The molecule has 3 N–H and O–H groups in total. The predicted molar refractivity (Wildman–Crippen MR) is 173 cm³/mol. The molecule has 236 valence electrons. The van der Waals surface area contributed by atoms with E-state index in [-0.39, 0.29) is 30.1 Å². The molecule has 8 heteroatoms. The average Bonchev–Trinajstić information content (AvgIpc) is 2.99. The highest BCUT2D eigenvalue weighted by Crippen LogP contribution is 2.21. The maximum atomic E-state index is 12.5. The molecule has 0 bridgehead atoms. The first kappa shape index (κ1) is 37.1. The van der Waals surface area contributed by atoms with Crippen molar-refractivity contribution in [3.63, 3.8) is 0 Å². The van der Waals surface area contributed by atoms with E-state index in [1.807, 2.05) is 6.92 Å². The molecule has 1 atom stereocenters. The molecule has 0 spiro atoms. The summed E-state index contributed by atoms with van der Waals surface area (Å²) in [5.41, 5.74) is -0.153. The van der Waals surface area contributed by atoms with Crippen LogP contribution in [0.25, 0.3) is 0 Å². The average molecular weight is 596 g/mol. The van der Waals surface area contributed by atoms with Gasteiger partial charge >= 0.3 is 12.1 Å². The summed E-state index contributed by atoms with van der Waals surface area (Å²) in [5, 5.41) is 21.0. The van der Waals surface area contributed by atoms with Crippen LogP contribution in [0.15, 0.2) is 79.0 Å². The van der Waals surface area contributed by atoms with E-state index in [1.165, 1.54) is 12.1 Å². The maximum absolute atomic E-state index is 12.5. The van der Waals surface area contributed by atoms with Crippen LogP contribution in [0.5, 0.6) is 5.75 Å². The minimum Gasteiger partial charge on any atom is -0.507 e. The highest BCUT2D eigenvalue weighted by molar-refractivity contribution is 5.94. The fraction of sp³-hybridized carbons (Fsp3) is 0.457. The van der Waals surface area contributed by atoms with E-state index in [0.29, 0.717) is 19.4 Å². The first-order valence-electron chi connectivity index (χ1n) is 15.3. The van der Waals surface area contributed by atoms with Gasteiger partial charge in [0.1, 0.15) is 17.4 Å². The van der Waals surface area contributed by atoms with Gasteiger partial charge in [-0.1, -0.05) is 74.6 Å². The third kappa shape index (κ3) is 19.0. The van der Waals surface area contributed by atoms with Gasteiger partial charge in [0.05, 0.1) is 6.61 Å². The fourth-order valence-electron chi connectivity index (χ4n) is 3.91. The van der Waals surface area contributed by atoms with Gasteiger partial charge in [-0.2, -0.15) is 0 Å². The number of allylic oxidation sites excluding steroid dienone is 10. The van der Waals surface area contributed by atoms with Crippen molar-refractivity contribution >= 4 is 23.5 Å². The summed E-state index contributed by atoms with van der Waals surface area (Å²) in [6.07, 6.45) is 29.6. The molecule has 0 aliphatic carbocycles. The van der Waals surface area contributed by atoms with Gasteiger partial charge in [0.25, 0.3) is 0 Å². The first-order valence-corrected chi connectivity index (χ1v) is 15.3. The minimum atomic E-state index is -1.31. The number of rotatable bonds is 23. The summed E-state index contributed by atoms with van der Waals surface area (Å²) >= 11 is 0. The number of amides is 1. The number of unbranched alkanes of at least 4 members (excludes halogenated alkanes) is 2. The lowest BCUT2D eigenvalue weighted by atomic mass is 10.1. The van der Waals surface area contributed by atoms with E-state index < -0.39 is 23.9 Å². The third-order valence-electron chi connectivity index (χ3n) is 6.25. The highest BCUT2D eigenvalue weighted by Gasteiger charge is 2.17. The normalized spacial score (nSPS) is 12.7. The Morgan fingerprint density at radius 3 is 2.00 bits per heavy atom. The van der Waals surface area contributed by atoms with Gasteiger partial charge < -0.3 is 19.7 Å². The predicted octanol–water partition coefficient (Wildman–Crippen LogP) is 8.71. The van der Waals surface area contributed by atoms with Crippen molar-refractivity contribution in [1.29, 1.82) is 0 Å².